The van der Waals surface area contributed by atoms with Gasteiger partial charge in [-0.3, -0.25) is 0 Å². The van der Waals surface area contributed by atoms with Gasteiger partial charge in [0.05, 0.1) is 0 Å². The normalized spacial score (nSPS) is 11.1. The molecule has 0 heterocycles. The van der Waals surface area contributed by atoms with Crippen molar-refractivity contribution in [3.05, 3.63) is 0 Å². The van der Waals surface area contributed by atoms with Crippen molar-refractivity contribution in [2.45, 2.75) is 13.8 Å². The summed E-state index contributed by atoms with van der Waals surface area (Å²) in [6.45, 7) is 8.65. The Bertz CT molecular complexity index is 102. The lowest BCUT2D eigenvalue weighted by Crippen LogP contribution is -2.33. The Morgan fingerprint density at radius 3 is 1.79 bits per heavy atom. The van der Waals surface area contributed by atoms with Crippen LogP contribution in [0, 0.1) is 0 Å². The monoisotopic (exact) mass is 236 g/mol. The number of nitrogens with zero attached hydrogens (tertiary/aromatic N) is 1. The SMILES string of the molecule is CCSCCN(CCN)CCSCC. The Labute approximate surface area is 97.4 Å². The third-order valence-corrected chi connectivity index (χ3v) is 3.72. The van der Waals surface area contributed by atoms with Crippen LogP contribution in [0.1, 0.15) is 13.8 Å². The summed E-state index contributed by atoms with van der Waals surface area (Å²) in [4.78, 5) is 2.48. The van der Waals surface area contributed by atoms with E-state index >= 15 is 0 Å². The number of rotatable bonds is 10. The molecule has 0 aliphatic heterocycles. The number of thioether (sulfide) groups is 2. The molecule has 0 rings (SSSR count). The summed E-state index contributed by atoms with van der Waals surface area (Å²) in [5, 5.41) is 0. The molecule has 0 saturated heterocycles. The van der Waals surface area contributed by atoms with Crippen LogP contribution >= 0.6 is 23.5 Å². The topological polar surface area (TPSA) is 29.3 Å². The summed E-state index contributed by atoms with van der Waals surface area (Å²) < 4.78 is 0. The van der Waals surface area contributed by atoms with Crippen LogP contribution in [-0.4, -0.2) is 54.1 Å². The van der Waals surface area contributed by atoms with Crippen molar-refractivity contribution in [3.63, 3.8) is 0 Å². The van der Waals surface area contributed by atoms with E-state index in [1.165, 1.54) is 36.1 Å². The van der Waals surface area contributed by atoms with Gasteiger partial charge in [-0.05, 0) is 11.5 Å². The molecule has 0 atom stereocenters. The van der Waals surface area contributed by atoms with Crippen LogP contribution in [0.2, 0.25) is 0 Å². The third-order valence-electron chi connectivity index (χ3n) is 1.96. The van der Waals surface area contributed by atoms with Crippen LogP contribution in [0.4, 0.5) is 0 Å². The molecule has 86 valence electrons. The zero-order valence-corrected chi connectivity index (χ0v) is 11.1. The zero-order valence-electron chi connectivity index (χ0n) is 9.50. The standard InChI is InChI=1S/C10H24N2S2/c1-3-13-9-7-12(6-5-11)8-10-14-4-2/h3-11H2,1-2H3. The maximum absolute atomic E-state index is 5.58. The lowest BCUT2D eigenvalue weighted by atomic mass is 10.5. The molecular formula is C10H24N2S2. The third kappa shape index (κ3) is 9.19. The predicted octanol–water partition coefficient (Wildman–Crippen LogP) is 1.75. The minimum absolute atomic E-state index is 0.785. The van der Waals surface area contributed by atoms with Crippen LogP contribution in [0.3, 0.4) is 0 Å². The van der Waals surface area contributed by atoms with E-state index in [0.29, 0.717) is 0 Å². The van der Waals surface area contributed by atoms with Crippen LogP contribution in [0.15, 0.2) is 0 Å². The lowest BCUT2D eigenvalue weighted by molar-refractivity contribution is 0.318. The maximum atomic E-state index is 5.58. The molecule has 2 N–H and O–H groups in total. The van der Waals surface area contributed by atoms with Gasteiger partial charge in [0.1, 0.15) is 0 Å². The van der Waals surface area contributed by atoms with E-state index in [9.17, 15) is 0 Å². The van der Waals surface area contributed by atoms with Gasteiger partial charge in [0.15, 0.2) is 0 Å². The molecule has 0 bridgehead atoms. The quantitative estimate of drug-likeness (QED) is 0.585. The molecule has 2 nitrogen and oxygen atoms in total. The van der Waals surface area contributed by atoms with E-state index in [4.69, 9.17) is 5.73 Å². The Hall–Kier alpha value is 0.620. The molecule has 14 heavy (non-hydrogen) atoms. The van der Waals surface area contributed by atoms with Crippen molar-refractivity contribution in [2.75, 3.05) is 49.2 Å². The first-order chi connectivity index (χ1) is 6.85. The van der Waals surface area contributed by atoms with E-state index in [1.54, 1.807) is 0 Å². The molecule has 0 saturated carbocycles. The highest BCUT2D eigenvalue weighted by Gasteiger charge is 2.02. The summed E-state index contributed by atoms with van der Waals surface area (Å²) in [5.74, 6) is 4.93. The van der Waals surface area contributed by atoms with Gasteiger partial charge >= 0.3 is 0 Å². The van der Waals surface area contributed by atoms with E-state index in [2.05, 4.69) is 18.7 Å². The fraction of sp³-hybridized carbons (Fsp3) is 1.00. The molecule has 0 unspecified atom stereocenters. The van der Waals surface area contributed by atoms with Gasteiger partial charge in [-0.25, -0.2) is 0 Å². The zero-order chi connectivity index (χ0) is 10.6. The fourth-order valence-corrected chi connectivity index (χ4v) is 2.55. The maximum Gasteiger partial charge on any atom is 0.0105 e. The Morgan fingerprint density at radius 1 is 0.929 bits per heavy atom. The fourth-order valence-electron chi connectivity index (χ4n) is 1.19. The largest absolute Gasteiger partial charge is 0.329 e. The number of nitrogens with two attached hydrogens (primary N) is 1. The minimum Gasteiger partial charge on any atom is -0.329 e. The summed E-state index contributed by atoms with van der Waals surface area (Å²) in [6.07, 6.45) is 0. The van der Waals surface area contributed by atoms with Crippen molar-refractivity contribution in [3.8, 4) is 0 Å². The molecule has 0 aromatic heterocycles. The Morgan fingerprint density at radius 2 is 1.43 bits per heavy atom. The van der Waals surface area contributed by atoms with Crippen LogP contribution in [-0.2, 0) is 0 Å². The van der Waals surface area contributed by atoms with E-state index in [-0.39, 0.29) is 0 Å². The average molecular weight is 236 g/mol. The van der Waals surface area contributed by atoms with Gasteiger partial charge in [0.25, 0.3) is 0 Å². The number of hydrogen-bond donors (Lipinski definition) is 1. The van der Waals surface area contributed by atoms with Gasteiger partial charge in [0, 0.05) is 37.7 Å². The first kappa shape index (κ1) is 14.6. The molecule has 0 radical (unpaired) electrons. The molecule has 0 aromatic rings. The average Bonchev–Trinajstić information content (AvgIpc) is 2.18. The van der Waals surface area contributed by atoms with Crippen molar-refractivity contribution in [1.82, 2.24) is 4.90 Å². The summed E-state index contributed by atoms with van der Waals surface area (Å²) in [7, 11) is 0. The second-order valence-corrected chi connectivity index (χ2v) is 5.81. The highest BCUT2D eigenvalue weighted by Crippen LogP contribution is 2.03. The van der Waals surface area contributed by atoms with Gasteiger partial charge in [-0.2, -0.15) is 23.5 Å². The summed E-state index contributed by atoms with van der Waals surface area (Å²) in [5.41, 5.74) is 5.58. The van der Waals surface area contributed by atoms with Crippen molar-refractivity contribution >= 4 is 23.5 Å². The lowest BCUT2D eigenvalue weighted by Gasteiger charge is -2.20. The first-order valence-corrected chi connectivity index (χ1v) is 7.74. The molecular weight excluding hydrogens is 212 g/mol. The van der Waals surface area contributed by atoms with Gasteiger partial charge in [-0.1, -0.05) is 13.8 Å². The minimum atomic E-state index is 0.785. The highest BCUT2D eigenvalue weighted by atomic mass is 32.2. The summed E-state index contributed by atoms with van der Waals surface area (Å²) >= 11 is 4.02. The molecule has 0 aromatic carbocycles. The molecule has 0 fully saturated rings. The van der Waals surface area contributed by atoms with E-state index < -0.39 is 0 Å². The Kier molecular flexibility index (Phi) is 12.2. The second-order valence-electron chi connectivity index (χ2n) is 3.02. The van der Waals surface area contributed by atoms with E-state index in [0.717, 1.165) is 13.1 Å². The number of hydrogen-bond acceptors (Lipinski definition) is 4. The highest BCUT2D eigenvalue weighted by molar-refractivity contribution is 7.99. The first-order valence-electron chi connectivity index (χ1n) is 5.43. The summed E-state index contributed by atoms with van der Waals surface area (Å²) in [6, 6.07) is 0. The molecule has 0 aliphatic carbocycles. The van der Waals surface area contributed by atoms with Crippen molar-refractivity contribution in [1.29, 1.82) is 0 Å². The van der Waals surface area contributed by atoms with Crippen molar-refractivity contribution in [2.24, 2.45) is 5.73 Å². The van der Waals surface area contributed by atoms with Gasteiger partial charge < -0.3 is 10.6 Å². The molecule has 4 heteroatoms. The smallest absolute Gasteiger partial charge is 0.0105 e. The molecule has 0 amide bonds. The van der Waals surface area contributed by atoms with Crippen molar-refractivity contribution < 1.29 is 0 Å². The van der Waals surface area contributed by atoms with Gasteiger partial charge in [0.2, 0.25) is 0 Å². The van der Waals surface area contributed by atoms with Crippen LogP contribution < -0.4 is 5.73 Å². The molecule has 0 aliphatic rings. The second kappa shape index (κ2) is 11.7. The van der Waals surface area contributed by atoms with Gasteiger partial charge in [-0.15, -0.1) is 0 Å². The van der Waals surface area contributed by atoms with E-state index in [1.807, 2.05) is 23.5 Å². The molecule has 0 spiro atoms. The predicted molar refractivity (Wildman–Crippen MR) is 71.5 cm³/mol. The Balaban J connectivity index is 3.44. The van der Waals surface area contributed by atoms with Crippen LogP contribution in [0.5, 0.6) is 0 Å². The van der Waals surface area contributed by atoms with Crippen LogP contribution in [0.25, 0.3) is 0 Å².